The van der Waals surface area contributed by atoms with Crippen molar-refractivity contribution in [3.8, 4) is 5.75 Å². The summed E-state index contributed by atoms with van der Waals surface area (Å²) < 4.78 is 6.67. The first-order valence-corrected chi connectivity index (χ1v) is 9.28. The van der Waals surface area contributed by atoms with Gasteiger partial charge in [-0.05, 0) is 30.2 Å². The fourth-order valence-corrected chi connectivity index (χ4v) is 3.39. The Balaban J connectivity index is 2.22. The number of aliphatic carboxylic acids is 1. The number of hydrogen-bond acceptors (Lipinski definition) is 4. The van der Waals surface area contributed by atoms with Crippen LogP contribution in [0.15, 0.2) is 47.3 Å². The number of carbonyl (C=O) groups is 2. The number of rotatable bonds is 6. The van der Waals surface area contributed by atoms with Crippen molar-refractivity contribution >= 4 is 40.1 Å². The SMILES string of the molecule is CCc1ccccc1NC(=O)c1c(OCC(=O)O)c2c(Cl)cccc2n(C)c1=O. The third-order valence-electron chi connectivity index (χ3n) is 4.54. The van der Waals surface area contributed by atoms with Gasteiger partial charge in [0.2, 0.25) is 0 Å². The highest BCUT2D eigenvalue weighted by Gasteiger charge is 2.25. The number of hydrogen-bond donors (Lipinski definition) is 2. The number of aromatic nitrogens is 1. The Morgan fingerprint density at radius 3 is 2.59 bits per heavy atom. The second kappa shape index (κ2) is 8.36. The van der Waals surface area contributed by atoms with Crippen LogP contribution in [0.25, 0.3) is 10.9 Å². The van der Waals surface area contributed by atoms with Gasteiger partial charge in [-0.25, -0.2) is 4.79 Å². The van der Waals surface area contributed by atoms with E-state index < -0.39 is 24.0 Å². The second-order valence-corrected chi connectivity index (χ2v) is 6.76. The molecule has 0 aliphatic carbocycles. The first-order chi connectivity index (χ1) is 13.8. The predicted molar refractivity (Wildman–Crippen MR) is 111 cm³/mol. The van der Waals surface area contributed by atoms with Gasteiger partial charge in [-0.15, -0.1) is 0 Å². The Labute approximate surface area is 171 Å². The number of nitrogens with one attached hydrogen (secondary N) is 1. The molecule has 1 aromatic heterocycles. The summed E-state index contributed by atoms with van der Waals surface area (Å²) >= 11 is 6.31. The number of benzene rings is 2. The highest BCUT2D eigenvalue weighted by Crippen LogP contribution is 2.34. The zero-order valence-electron chi connectivity index (χ0n) is 15.9. The molecule has 0 spiro atoms. The fraction of sp³-hybridized carbons (Fsp3) is 0.190. The van der Waals surface area contributed by atoms with Gasteiger partial charge in [0.25, 0.3) is 11.5 Å². The molecule has 3 rings (SSSR count). The summed E-state index contributed by atoms with van der Waals surface area (Å²) in [6, 6.07) is 12.1. The summed E-state index contributed by atoms with van der Waals surface area (Å²) in [7, 11) is 1.51. The number of pyridine rings is 1. The topological polar surface area (TPSA) is 97.6 Å². The van der Waals surface area contributed by atoms with Gasteiger partial charge >= 0.3 is 5.97 Å². The van der Waals surface area contributed by atoms with Gasteiger partial charge in [-0.2, -0.15) is 0 Å². The number of aryl methyl sites for hydroxylation is 2. The lowest BCUT2D eigenvalue weighted by molar-refractivity contribution is -0.139. The molecule has 150 valence electrons. The number of ether oxygens (including phenoxy) is 1. The fourth-order valence-electron chi connectivity index (χ4n) is 3.13. The Bertz CT molecular complexity index is 1170. The van der Waals surface area contributed by atoms with Gasteiger partial charge < -0.3 is 19.7 Å². The molecular formula is C21H19ClN2O5. The minimum atomic E-state index is -1.24. The number of halogens is 1. The van der Waals surface area contributed by atoms with Crippen molar-refractivity contribution in [3.05, 3.63) is 69.0 Å². The molecule has 3 aromatic rings. The number of carbonyl (C=O) groups excluding carboxylic acids is 1. The van der Waals surface area contributed by atoms with Gasteiger partial charge in [0.1, 0.15) is 11.3 Å². The molecule has 0 atom stereocenters. The van der Waals surface area contributed by atoms with E-state index in [1.165, 1.54) is 11.6 Å². The lowest BCUT2D eigenvalue weighted by Crippen LogP contribution is -2.30. The van der Waals surface area contributed by atoms with Crippen molar-refractivity contribution in [1.82, 2.24) is 4.57 Å². The van der Waals surface area contributed by atoms with E-state index >= 15 is 0 Å². The van der Waals surface area contributed by atoms with Gasteiger partial charge in [-0.3, -0.25) is 9.59 Å². The van der Waals surface area contributed by atoms with Crippen LogP contribution in [0, 0.1) is 0 Å². The summed E-state index contributed by atoms with van der Waals surface area (Å²) in [6.07, 6.45) is 0.681. The normalized spacial score (nSPS) is 10.7. The molecule has 0 radical (unpaired) electrons. The van der Waals surface area contributed by atoms with Crippen molar-refractivity contribution in [2.24, 2.45) is 7.05 Å². The molecule has 7 nitrogen and oxygen atoms in total. The second-order valence-electron chi connectivity index (χ2n) is 6.35. The summed E-state index contributed by atoms with van der Waals surface area (Å²) in [4.78, 5) is 37.1. The van der Waals surface area contributed by atoms with Gasteiger partial charge in [0.05, 0.1) is 15.9 Å². The van der Waals surface area contributed by atoms with Crippen LogP contribution in [0.1, 0.15) is 22.8 Å². The number of fused-ring (bicyclic) bond motifs is 1. The number of para-hydroxylation sites is 1. The zero-order chi connectivity index (χ0) is 21.1. The molecule has 2 N–H and O–H groups in total. The lowest BCUT2D eigenvalue weighted by Gasteiger charge is -2.17. The average Bonchev–Trinajstić information content (AvgIpc) is 2.69. The van der Waals surface area contributed by atoms with Gasteiger partial charge in [-0.1, -0.05) is 42.8 Å². The molecule has 1 amide bonds. The maximum atomic E-state index is 13.1. The van der Waals surface area contributed by atoms with E-state index in [2.05, 4.69) is 5.32 Å². The largest absolute Gasteiger partial charge is 0.480 e. The lowest BCUT2D eigenvalue weighted by atomic mass is 10.1. The number of amides is 1. The van der Waals surface area contributed by atoms with Crippen molar-refractivity contribution in [3.63, 3.8) is 0 Å². The molecule has 0 fully saturated rings. The van der Waals surface area contributed by atoms with E-state index in [4.69, 9.17) is 21.4 Å². The molecular weight excluding hydrogens is 396 g/mol. The summed E-state index contributed by atoms with van der Waals surface area (Å²) in [5, 5.41) is 12.3. The van der Waals surface area contributed by atoms with Crippen LogP contribution in [0.3, 0.4) is 0 Å². The molecule has 0 saturated carbocycles. The van der Waals surface area contributed by atoms with E-state index in [-0.39, 0.29) is 16.3 Å². The molecule has 0 aliphatic rings. The molecule has 1 heterocycles. The Kier molecular flexibility index (Phi) is 5.89. The third-order valence-corrected chi connectivity index (χ3v) is 4.85. The molecule has 29 heavy (non-hydrogen) atoms. The monoisotopic (exact) mass is 414 g/mol. The van der Waals surface area contributed by atoms with E-state index in [9.17, 15) is 14.4 Å². The standard InChI is InChI=1S/C21H19ClN2O5/c1-3-12-7-4-5-9-14(12)23-20(27)18-19(29-11-16(25)26)17-13(22)8-6-10-15(17)24(2)21(18)28/h4-10H,3,11H2,1-2H3,(H,23,27)(H,25,26). The summed E-state index contributed by atoms with van der Waals surface area (Å²) in [6.45, 7) is 1.22. The molecule has 0 bridgehead atoms. The highest BCUT2D eigenvalue weighted by molar-refractivity contribution is 6.36. The third kappa shape index (κ3) is 3.95. The average molecular weight is 415 g/mol. The molecule has 0 saturated heterocycles. The predicted octanol–water partition coefficient (Wildman–Crippen LogP) is 3.47. The van der Waals surface area contributed by atoms with Crippen LogP contribution in [0.4, 0.5) is 5.69 Å². The number of nitrogens with zero attached hydrogens (tertiary/aromatic N) is 1. The summed E-state index contributed by atoms with van der Waals surface area (Å²) in [5.74, 6) is -2.09. The molecule has 0 unspecified atom stereocenters. The van der Waals surface area contributed by atoms with E-state index in [1.54, 1.807) is 30.3 Å². The van der Waals surface area contributed by atoms with Crippen molar-refractivity contribution in [1.29, 1.82) is 0 Å². The zero-order valence-corrected chi connectivity index (χ0v) is 16.6. The van der Waals surface area contributed by atoms with Crippen molar-refractivity contribution in [2.45, 2.75) is 13.3 Å². The minimum Gasteiger partial charge on any atom is -0.480 e. The molecule has 0 aliphatic heterocycles. The maximum absolute atomic E-state index is 13.1. The molecule has 2 aromatic carbocycles. The number of anilines is 1. The van der Waals surface area contributed by atoms with Crippen molar-refractivity contribution in [2.75, 3.05) is 11.9 Å². The van der Waals surface area contributed by atoms with Crippen molar-refractivity contribution < 1.29 is 19.4 Å². The van der Waals surface area contributed by atoms with Crippen LogP contribution >= 0.6 is 11.6 Å². The van der Waals surface area contributed by atoms with E-state index in [1.807, 2.05) is 19.1 Å². The van der Waals surface area contributed by atoms with Gasteiger partial charge in [0, 0.05) is 12.7 Å². The van der Waals surface area contributed by atoms with Crippen LogP contribution in [0.5, 0.6) is 5.75 Å². The van der Waals surface area contributed by atoms with E-state index in [0.29, 0.717) is 23.0 Å². The van der Waals surface area contributed by atoms with Crippen LogP contribution in [-0.2, 0) is 18.3 Å². The maximum Gasteiger partial charge on any atom is 0.341 e. The highest BCUT2D eigenvalue weighted by atomic mass is 35.5. The Morgan fingerprint density at radius 2 is 1.90 bits per heavy atom. The molecule has 8 heteroatoms. The Morgan fingerprint density at radius 1 is 1.17 bits per heavy atom. The Hall–Kier alpha value is -3.32. The van der Waals surface area contributed by atoms with Crippen LogP contribution < -0.4 is 15.6 Å². The number of carboxylic acids is 1. The number of carboxylic acid groups (broad SMARTS) is 1. The smallest absolute Gasteiger partial charge is 0.341 e. The summed E-state index contributed by atoms with van der Waals surface area (Å²) in [5.41, 5.74) is 0.954. The minimum absolute atomic E-state index is 0.150. The first kappa shape index (κ1) is 20.4. The van der Waals surface area contributed by atoms with Crippen LogP contribution in [0.2, 0.25) is 5.02 Å². The van der Waals surface area contributed by atoms with Crippen LogP contribution in [-0.4, -0.2) is 28.2 Å². The first-order valence-electron chi connectivity index (χ1n) is 8.90. The quantitative estimate of drug-likeness (QED) is 0.643. The van der Waals surface area contributed by atoms with E-state index in [0.717, 1.165) is 5.56 Å². The van der Waals surface area contributed by atoms with Gasteiger partial charge in [0.15, 0.2) is 6.61 Å².